The third-order valence-electron chi connectivity index (χ3n) is 2.57. The van der Waals surface area contributed by atoms with Gasteiger partial charge in [-0.05, 0) is 32.0 Å². The molecule has 0 fully saturated rings. The first-order valence-corrected chi connectivity index (χ1v) is 7.77. The highest BCUT2D eigenvalue weighted by Gasteiger charge is 2.27. The van der Waals surface area contributed by atoms with Gasteiger partial charge < -0.3 is 5.11 Å². The minimum atomic E-state index is -3.94. The van der Waals surface area contributed by atoms with Crippen LogP contribution in [0.2, 0.25) is 0 Å². The number of anilines is 1. The molecule has 0 aliphatic rings. The fourth-order valence-corrected chi connectivity index (χ4v) is 3.25. The Labute approximate surface area is 114 Å². The Balaban J connectivity index is 2.33. The number of sulfonamides is 1. The largest absolute Gasteiger partial charge is 0.480 e. The second-order valence-electron chi connectivity index (χ2n) is 4.04. The number of carboxylic acids is 1. The van der Waals surface area contributed by atoms with Gasteiger partial charge in [0.25, 0.3) is 0 Å². The van der Waals surface area contributed by atoms with Gasteiger partial charge in [-0.25, -0.2) is 13.4 Å². The highest BCUT2D eigenvalue weighted by molar-refractivity contribution is 7.94. The van der Waals surface area contributed by atoms with Crippen molar-refractivity contribution in [2.24, 2.45) is 0 Å². The van der Waals surface area contributed by atoms with Gasteiger partial charge in [0, 0.05) is 0 Å². The molecule has 19 heavy (non-hydrogen) atoms. The summed E-state index contributed by atoms with van der Waals surface area (Å²) >= 11 is 1.44. The molecule has 2 aromatic rings. The molecule has 1 atom stereocenters. The fraction of sp³-hybridized carbons (Fsp3) is 0.273. The summed E-state index contributed by atoms with van der Waals surface area (Å²) in [5.74, 6) is -1.39. The van der Waals surface area contributed by atoms with E-state index in [4.69, 9.17) is 5.11 Å². The maximum atomic E-state index is 11.8. The van der Waals surface area contributed by atoms with Crippen molar-refractivity contribution in [2.45, 2.75) is 19.1 Å². The molecule has 1 heterocycles. The summed E-state index contributed by atoms with van der Waals surface area (Å²) in [6.45, 7) is 2.99. The molecule has 0 aliphatic heterocycles. The zero-order chi connectivity index (χ0) is 14.2. The zero-order valence-electron chi connectivity index (χ0n) is 10.2. The molecule has 0 bridgehead atoms. The van der Waals surface area contributed by atoms with Crippen LogP contribution in [0, 0.1) is 6.92 Å². The van der Waals surface area contributed by atoms with Crippen LogP contribution in [0.3, 0.4) is 0 Å². The number of hydrogen-bond acceptors (Lipinski definition) is 5. The number of aromatic nitrogens is 1. The summed E-state index contributed by atoms with van der Waals surface area (Å²) in [7, 11) is -3.94. The molecule has 0 saturated heterocycles. The Morgan fingerprint density at radius 2 is 2.16 bits per heavy atom. The SMILES string of the molecule is Cc1nc2ccc(NS(=O)(=O)C(C)C(=O)O)cc2s1. The molecular formula is C11H12N2O4S2. The van der Waals surface area contributed by atoms with E-state index in [0.29, 0.717) is 5.69 Å². The summed E-state index contributed by atoms with van der Waals surface area (Å²) in [6.07, 6.45) is 0. The van der Waals surface area contributed by atoms with Gasteiger partial charge in [0.1, 0.15) is 0 Å². The summed E-state index contributed by atoms with van der Waals surface area (Å²) < 4.78 is 26.7. The van der Waals surface area contributed by atoms with Crippen LogP contribution in [0.1, 0.15) is 11.9 Å². The first-order valence-electron chi connectivity index (χ1n) is 5.41. The van der Waals surface area contributed by atoms with E-state index in [2.05, 4.69) is 9.71 Å². The lowest BCUT2D eigenvalue weighted by Gasteiger charge is -2.10. The Morgan fingerprint density at radius 3 is 2.79 bits per heavy atom. The number of hydrogen-bond donors (Lipinski definition) is 2. The standard InChI is InChI=1S/C11H12N2O4S2/c1-6(11(14)15)19(16,17)13-8-3-4-9-10(5-8)18-7(2)12-9/h3-6,13H,1-2H3,(H,14,15). The van der Waals surface area contributed by atoms with E-state index in [1.165, 1.54) is 11.3 Å². The van der Waals surface area contributed by atoms with E-state index in [1.807, 2.05) is 6.92 Å². The average molecular weight is 300 g/mol. The molecule has 2 rings (SSSR count). The third kappa shape index (κ3) is 2.85. The average Bonchev–Trinajstić information content (AvgIpc) is 2.66. The van der Waals surface area contributed by atoms with Crippen LogP contribution < -0.4 is 4.72 Å². The molecule has 0 saturated carbocycles. The van der Waals surface area contributed by atoms with Crippen molar-refractivity contribution < 1.29 is 18.3 Å². The van der Waals surface area contributed by atoms with Gasteiger partial charge in [0.15, 0.2) is 5.25 Å². The zero-order valence-corrected chi connectivity index (χ0v) is 11.9. The lowest BCUT2D eigenvalue weighted by atomic mass is 10.3. The van der Waals surface area contributed by atoms with Crippen molar-refractivity contribution in [1.29, 1.82) is 0 Å². The summed E-state index contributed by atoms with van der Waals surface area (Å²) in [5.41, 5.74) is 1.13. The third-order valence-corrected chi connectivity index (χ3v) is 5.16. The lowest BCUT2D eigenvalue weighted by molar-refractivity contribution is -0.136. The first-order chi connectivity index (χ1) is 8.79. The second-order valence-corrected chi connectivity index (χ2v) is 7.28. The number of nitrogens with one attached hydrogen (secondary N) is 1. The van der Waals surface area contributed by atoms with Gasteiger partial charge in [-0.3, -0.25) is 9.52 Å². The molecule has 2 N–H and O–H groups in total. The Kier molecular flexibility index (Phi) is 3.46. The Bertz CT molecular complexity index is 736. The highest BCUT2D eigenvalue weighted by Crippen LogP contribution is 2.25. The highest BCUT2D eigenvalue weighted by atomic mass is 32.2. The van der Waals surface area contributed by atoms with Crippen molar-refractivity contribution in [3.63, 3.8) is 0 Å². The molecule has 0 amide bonds. The topological polar surface area (TPSA) is 96.4 Å². The van der Waals surface area contributed by atoms with Crippen LogP contribution >= 0.6 is 11.3 Å². The van der Waals surface area contributed by atoms with Gasteiger partial charge in [-0.15, -0.1) is 11.3 Å². The summed E-state index contributed by atoms with van der Waals surface area (Å²) in [6, 6.07) is 4.90. The monoisotopic (exact) mass is 300 g/mol. The van der Waals surface area contributed by atoms with Crippen molar-refractivity contribution >= 4 is 43.2 Å². The van der Waals surface area contributed by atoms with Gasteiger partial charge >= 0.3 is 5.97 Å². The number of rotatable bonds is 4. The van der Waals surface area contributed by atoms with Crippen LogP contribution in [0.4, 0.5) is 5.69 Å². The molecule has 1 unspecified atom stereocenters. The Hall–Kier alpha value is -1.67. The summed E-state index contributed by atoms with van der Waals surface area (Å²) in [5, 5.41) is 8.12. The predicted octanol–water partition coefficient (Wildman–Crippen LogP) is 1.82. The number of nitrogens with zero attached hydrogens (tertiary/aromatic N) is 1. The van der Waals surface area contributed by atoms with E-state index >= 15 is 0 Å². The Morgan fingerprint density at radius 1 is 1.47 bits per heavy atom. The quantitative estimate of drug-likeness (QED) is 0.897. The molecule has 6 nitrogen and oxygen atoms in total. The van der Waals surface area contributed by atoms with Crippen LogP contribution in [0.25, 0.3) is 10.2 Å². The molecule has 102 valence electrons. The van der Waals surface area contributed by atoms with E-state index < -0.39 is 21.2 Å². The van der Waals surface area contributed by atoms with Gasteiger partial charge in [0.05, 0.1) is 20.9 Å². The molecular weight excluding hydrogens is 288 g/mol. The van der Waals surface area contributed by atoms with Gasteiger partial charge in [-0.2, -0.15) is 0 Å². The van der Waals surface area contributed by atoms with E-state index in [0.717, 1.165) is 22.1 Å². The number of benzene rings is 1. The number of aliphatic carboxylic acids is 1. The van der Waals surface area contributed by atoms with E-state index in [9.17, 15) is 13.2 Å². The van der Waals surface area contributed by atoms with E-state index in [-0.39, 0.29) is 0 Å². The van der Waals surface area contributed by atoms with Gasteiger partial charge in [0.2, 0.25) is 10.0 Å². The first kappa shape index (κ1) is 13.8. The number of thiazole rings is 1. The van der Waals surface area contributed by atoms with Crippen LogP contribution in [0.15, 0.2) is 18.2 Å². The lowest BCUT2D eigenvalue weighted by Crippen LogP contribution is -2.32. The smallest absolute Gasteiger partial charge is 0.323 e. The van der Waals surface area contributed by atoms with Crippen LogP contribution in [0.5, 0.6) is 0 Å². The molecule has 1 aromatic heterocycles. The van der Waals surface area contributed by atoms with Crippen molar-refractivity contribution in [2.75, 3.05) is 4.72 Å². The number of carboxylic acid groups (broad SMARTS) is 1. The minimum absolute atomic E-state index is 0.337. The number of carbonyl (C=O) groups is 1. The molecule has 0 radical (unpaired) electrons. The number of aryl methyl sites for hydroxylation is 1. The molecule has 1 aromatic carbocycles. The normalized spacial score (nSPS) is 13.4. The second kappa shape index (κ2) is 4.78. The van der Waals surface area contributed by atoms with E-state index in [1.54, 1.807) is 18.2 Å². The van der Waals surface area contributed by atoms with Crippen LogP contribution in [-0.2, 0) is 14.8 Å². The molecule has 0 spiro atoms. The van der Waals surface area contributed by atoms with Gasteiger partial charge in [-0.1, -0.05) is 0 Å². The maximum absolute atomic E-state index is 11.8. The number of fused-ring (bicyclic) bond motifs is 1. The van der Waals surface area contributed by atoms with Crippen molar-refractivity contribution in [3.8, 4) is 0 Å². The van der Waals surface area contributed by atoms with Crippen LogP contribution in [-0.4, -0.2) is 29.7 Å². The fourth-order valence-electron chi connectivity index (χ4n) is 1.49. The molecule has 0 aliphatic carbocycles. The van der Waals surface area contributed by atoms with Crippen molar-refractivity contribution in [3.05, 3.63) is 23.2 Å². The van der Waals surface area contributed by atoms with Crippen molar-refractivity contribution in [1.82, 2.24) is 4.98 Å². The predicted molar refractivity (Wildman–Crippen MR) is 74.0 cm³/mol. The summed E-state index contributed by atoms with van der Waals surface area (Å²) in [4.78, 5) is 15.0. The maximum Gasteiger partial charge on any atom is 0.323 e. The molecule has 8 heteroatoms. The minimum Gasteiger partial charge on any atom is -0.480 e.